The van der Waals surface area contributed by atoms with Gasteiger partial charge in [0.1, 0.15) is 18.0 Å². The van der Waals surface area contributed by atoms with Crippen LogP contribution >= 0.6 is 11.9 Å². The van der Waals surface area contributed by atoms with E-state index in [9.17, 15) is 24.9 Å². The number of pyridine rings is 1. The molecule has 4 rings (SSSR count). The number of methoxy groups -OCH3 is 1. The van der Waals surface area contributed by atoms with Crippen LogP contribution < -0.4 is 4.74 Å². The van der Waals surface area contributed by atoms with Gasteiger partial charge in [-0.2, -0.15) is 24.3 Å². The largest absolute Gasteiger partial charge is 0.496 e. The molecule has 2 aliphatic heterocycles. The molecule has 0 saturated heterocycles. The van der Waals surface area contributed by atoms with Gasteiger partial charge in [-0.25, -0.2) is 9.59 Å². The lowest BCUT2D eigenvalue weighted by Gasteiger charge is -2.18. The van der Waals surface area contributed by atoms with Crippen molar-refractivity contribution >= 4 is 30.0 Å². The first-order valence-corrected chi connectivity index (χ1v) is 11.2. The van der Waals surface area contributed by atoms with E-state index in [1.807, 2.05) is 13.8 Å². The van der Waals surface area contributed by atoms with Crippen LogP contribution in [-0.2, 0) is 18.7 Å². The fourth-order valence-corrected chi connectivity index (χ4v) is 4.82. The van der Waals surface area contributed by atoms with Gasteiger partial charge < -0.3 is 20.1 Å². The zero-order valence-corrected chi connectivity index (χ0v) is 19.5. The smallest absolute Gasteiger partial charge is 0.422 e. The lowest BCUT2D eigenvalue weighted by molar-refractivity contribution is 0.145. The average Bonchev–Trinajstić information content (AvgIpc) is 3.00. The molecule has 0 saturated carbocycles. The second kappa shape index (κ2) is 9.27. The van der Waals surface area contributed by atoms with E-state index in [0.717, 1.165) is 34.2 Å². The summed E-state index contributed by atoms with van der Waals surface area (Å²) in [5, 5.41) is 37.7. The van der Waals surface area contributed by atoms with Gasteiger partial charge in [0.05, 0.1) is 18.5 Å². The summed E-state index contributed by atoms with van der Waals surface area (Å²) in [6, 6.07) is 1.80. The van der Waals surface area contributed by atoms with E-state index in [-0.39, 0.29) is 29.6 Å². The summed E-state index contributed by atoms with van der Waals surface area (Å²) in [5.74, 6) is 0.718. The fraction of sp³-hybridized carbons (Fsp3) is 0.333. The van der Waals surface area contributed by atoms with Gasteiger partial charge in [0.25, 0.3) is 0 Å². The predicted octanol–water partition coefficient (Wildman–Crippen LogP) is 2.55. The summed E-state index contributed by atoms with van der Waals surface area (Å²) in [4.78, 5) is 29.5. The van der Waals surface area contributed by atoms with Gasteiger partial charge in [-0.05, 0) is 49.4 Å². The monoisotopic (exact) mass is 486 g/mol. The maximum absolute atomic E-state index is 11.8. The van der Waals surface area contributed by atoms with Gasteiger partial charge in [-0.1, -0.05) is 0 Å². The second-order valence-electron chi connectivity index (χ2n) is 7.60. The molecule has 34 heavy (non-hydrogen) atoms. The number of ether oxygens (including phenoxy) is 1. The molecule has 0 aromatic carbocycles. The van der Waals surface area contributed by atoms with E-state index in [0.29, 0.717) is 34.9 Å². The summed E-state index contributed by atoms with van der Waals surface area (Å²) in [6.45, 7) is 3.78. The summed E-state index contributed by atoms with van der Waals surface area (Å²) >= 11 is 1.01. The lowest BCUT2D eigenvalue weighted by Crippen LogP contribution is -2.41. The van der Waals surface area contributed by atoms with Gasteiger partial charge in [0.15, 0.2) is 5.84 Å². The Balaban J connectivity index is 1.91. The van der Waals surface area contributed by atoms with Gasteiger partial charge in [-0.15, -0.1) is 0 Å². The Morgan fingerprint density at radius 3 is 2.62 bits per heavy atom. The first-order chi connectivity index (χ1) is 16.3. The second-order valence-corrected chi connectivity index (χ2v) is 8.33. The minimum Gasteiger partial charge on any atom is -0.496 e. The number of hydrogen-bond donors (Lipinski definition) is 3. The van der Waals surface area contributed by atoms with Crippen LogP contribution in [-0.4, -0.2) is 71.9 Å². The highest BCUT2D eigenvalue weighted by molar-refractivity contribution is 7.97. The predicted molar refractivity (Wildman–Crippen MR) is 123 cm³/mol. The van der Waals surface area contributed by atoms with E-state index in [2.05, 4.69) is 19.6 Å². The van der Waals surface area contributed by atoms with Crippen LogP contribution in [0.2, 0.25) is 0 Å². The standard InChI is InChI=1S/C21H22N6O6S/c1-10-7-22-15(11(2)18(10)33-3)8-26-23-14-6-12(4-5-28)13-9-34-25-19(17(24-26)16(13)14)27(20(29)30)21(31)32/h6-7,28H,4-5,8-9H2,1-3H3,(H,29,30)(H,31,32). The Morgan fingerprint density at radius 1 is 1.24 bits per heavy atom. The van der Waals surface area contributed by atoms with E-state index in [1.165, 1.54) is 4.80 Å². The highest BCUT2D eigenvalue weighted by Gasteiger charge is 2.35. The number of amides is 2. The molecular formula is C21H22N6O6S. The average molecular weight is 487 g/mol. The maximum atomic E-state index is 11.8. The van der Waals surface area contributed by atoms with E-state index in [1.54, 1.807) is 19.4 Å². The summed E-state index contributed by atoms with van der Waals surface area (Å²) in [7, 11) is 1.57. The fourth-order valence-electron chi connectivity index (χ4n) is 4.01. The number of carbonyl (C=O) groups is 2. The van der Waals surface area contributed by atoms with Crippen LogP contribution in [0.15, 0.2) is 16.7 Å². The number of aryl methyl sites for hydroxylation is 1. The minimum atomic E-state index is -1.70. The van der Waals surface area contributed by atoms with Crippen LogP contribution in [0.1, 0.15) is 33.6 Å². The number of rotatable bonds is 5. The molecule has 1 aromatic rings. The number of nitrogens with zero attached hydrogens (tertiary/aromatic N) is 6. The molecule has 3 aliphatic rings. The normalized spacial score (nSPS) is 12.9. The SMILES string of the molecule is COc1c(C)cnc(Cn2nc3cc(CCO)c4c-3c(n2)C(N(C(=O)O)C(=O)O)=NSC4)c1C. The van der Waals surface area contributed by atoms with Crippen molar-refractivity contribution < 1.29 is 29.6 Å². The molecule has 0 radical (unpaired) electrons. The third-order valence-electron chi connectivity index (χ3n) is 5.52. The zero-order valence-electron chi connectivity index (χ0n) is 18.6. The highest BCUT2D eigenvalue weighted by atomic mass is 32.2. The highest BCUT2D eigenvalue weighted by Crippen LogP contribution is 2.39. The molecule has 0 spiro atoms. The molecule has 178 valence electrons. The van der Waals surface area contributed by atoms with Crippen molar-refractivity contribution in [1.29, 1.82) is 0 Å². The molecule has 2 amide bonds. The van der Waals surface area contributed by atoms with Crippen molar-refractivity contribution in [2.45, 2.75) is 32.6 Å². The third kappa shape index (κ3) is 4.03. The van der Waals surface area contributed by atoms with Gasteiger partial charge >= 0.3 is 12.2 Å². The number of aliphatic hydroxyl groups is 1. The lowest BCUT2D eigenvalue weighted by atomic mass is 10.1. The quantitative estimate of drug-likeness (QED) is 0.457. The molecule has 3 heterocycles. The summed E-state index contributed by atoms with van der Waals surface area (Å²) < 4.78 is 9.65. The molecule has 0 unspecified atom stereocenters. The van der Waals surface area contributed by atoms with Crippen molar-refractivity contribution in [1.82, 2.24) is 24.9 Å². The van der Waals surface area contributed by atoms with Crippen LogP contribution in [0, 0.1) is 13.8 Å². The van der Waals surface area contributed by atoms with Gasteiger partial charge in [0, 0.05) is 35.2 Å². The number of carboxylic acid groups (broad SMARTS) is 2. The number of hydrogen-bond acceptors (Lipinski definition) is 9. The first-order valence-electron chi connectivity index (χ1n) is 10.2. The van der Waals surface area contributed by atoms with Crippen LogP contribution in [0.4, 0.5) is 9.59 Å². The molecule has 1 aliphatic carbocycles. The molecule has 0 fully saturated rings. The van der Waals surface area contributed by atoms with Gasteiger partial charge in [-0.3, -0.25) is 4.98 Å². The van der Waals surface area contributed by atoms with Crippen molar-refractivity contribution in [2.24, 2.45) is 4.40 Å². The van der Waals surface area contributed by atoms with Gasteiger partial charge in [0.2, 0.25) is 0 Å². The Kier molecular flexibility index (Phi) is 6.39. The van der Waals surface area contributed by atoms with Crippen LogP contribution in [0.25, 0.3) is 11.3 Å². The van der Waals surface area contributed by atoms with Crippen molar-refractivity contribution in [3.63, 3.8) is 0 Å². The third-order valence-corrected chi connectivity index (χ3v) is 6.24. The molecule has 1 aromatic heterocycles. The molecular weight excluding hydrogens is 464 g/mol. The molecule has 0 bridgehead atoms. The number of aliphatic hydroxyl groups excluding tert-OH is 1. The van der Waals surface area contributed by atoms with E-state index >= 15 is 0 Å². The maximum Gasteiger partial charge on any atom is 0.422 e. The minimum absolute atomic E-state index is 0.0794. The molecule has 13 heteroatoms. The Hall–Kier alpha value is -3.71. The Labute approximate surface area is 198 Å². The molecule has 12 nitrogen and oxygen atoms in total. The Bertz CT molecular complexity index is 1280. The van der Waals surface area contributed by atoms with Crippen molar-refractivity contribution in [3.8, 4) is 17.0 Å². The van der Waals surface area contributed by atoms with E-state index in [4.69, 9.17) is 4.74 Å². The Morgan fingerprint density at radius 2 is 1.97 bits per heavy atom. The molecule has 3 N–H and O–H groups in total. The number of amidine groups is 1. The van der Waals surface area contributed by atoms with Crippen LogP contribution in [0.3, 0.4) is 0 Å². The topological polar surface area (TPSA) is 163 Å². The van der Waals surface area contributed by atoms with Crippen molar-refractivity contribution in [3.05, 3.63) is 45.9 Å². The number of aromatic nitrogens is 4. The van der Waals surface area contributed by atoms with E-state index < -0.39 is 12.2 Å². The molecule has 0 atom stereocenters. The zero-order chi connectivity index (χ0) is 24.6. The summed E-state index contributed by atoms with van der Waals surface area (Å²) in [6.07, 6.45) is -1.36. The first kappa shape index (κ1) is 23.4. The number of imide groups is 1. The summed E-state index contributed by atoms with van der Waals surface area (Å²) in [5.41, 5.74) is 5.00. The van der Waals surface area contributed by atoms with Crippen LogP contribution in [0.5, 0.6) is 5.75 Å². The van der Waals surface area contributed by atoms with Crippen molar-refractivity contribution in [2.75, 3.05) is 13.7 Å².